The number of rotatable bonds is 4. The van der Waals surface area contributed by atoms with Gasteiger partial charge in [0.2, 0.25) is 0 Å². The lowest BCUT2D eigenvalue weighted by molar-refractivity contribution is -0.143. The normalized spacial score (nSPS) is 11.3. The van der Waals surface area contributed by atoms with Gasteiger partial charge >= 0.3 is 5.97 Å². The first kappa shape index (κ1) is 11.9. The first-order valence-electron chi connectivity index (χ1n) is 4.64. The summed E-state index contributed by atoms with van der Waals surface area (Å²) < 4.78 is 4.76. The Balaban J connectivity index is 3.04. The van der Waals surface area contributed by atoms with Gasteiger partial charge < -0.3 is 4.74 Å². The number of nitrogens with one attached hydrogen (secondary N) is 1. The SMILES string of the molecule is CCOC(=O)C(C#N)c1ccncc1NO. The van der Waals surface area contributed by atoms with E-state index in [1.165, 1.54) is 18.5 Å². The third kappa shape index (κ3) is 2.46. The van der Waals surface area contributed by atoms with Crippen LogP contribution in [0.5, 0.6) is 0 Å². The van der Waals surface area contributed by atoms with E-state index >= 15 is 0 Å². The number of anilines is 1. The van der Waals surface area contributed by atoms with Gasteiger partial charge in [0.25, 0.3) is 0 Å². The highest BCUT2D eigenvalue weighted by Gasteiger charge is 2.24. The van der Waals surface area contributed by atoms with Gasteiger partial charge in [0.15, 0.2) is 5.92 Å². The van der Waals surface area contributed by atoms with Crippen molar-refractivity contribution < 1.29 is 14.7 Å². The van der Waals surface area contributed by atoms with Crippen molar-refractivity contribution in [3.8, 4) is 6.07 Å². The van der Waals surface area contributed by atoms with Gasteiger partial charge in [-0.15, -0.1) is 0 Å². The maximum absolute atomic E-state index is 11.5. The van der Waals surface area contributed by atoms with Gasteiger partial charge in [0, 0.05) is 11.8 Å². The van der Waals surface area contributed by atoms with Crippen LogP contribution in [0.15, 0.2) is 18.5 Å². The Labute approximate surface area is 92.4 Å². The third-order valence-electron chi connectivity index (χ3n) is 1.94. The predicted molar refractivity (Wildman–Crippen MR) is 54.6 cm³/mol. The minimum Gasteiger partial charge on any atom is -0.465 e. The van der Waals surface area contributed by atoms with Crippen LogP contribution in [0.25, 0.3) is 0 Å². The Kier molecular flexibility index (Phi) is 4.24. The summed E-state index contributed by atoms with van der Waals surface area (Å²) in [6.45, 7) is 1.86. The van der Waals surface area contributed by atoms with Crippen molar-refractivity contribution in [1.29, 1.82) is 5.26 Å². The van der Waals surface area contributed by atoms with E-state index in [1.807, 2.05) is 11.5 Å². The summed E-state index contributed by atoms with van der Waals surface area (Å²) in [5.41, 5.74) is 2.43. The Morgan fingerprint density at radius 1 is 1.81 bits per heavy atom. The van der Waals surface area contributed by atoms with Crippen LogP contribution in [0.1, 0.15) is 18.4 Å². The Morgan fingerprint density at radius 2 is 2.56 bits per heavy atom. The zero-order valence-electron chi connectivity index (χ0n) is 8.67. The number of aromatic nitrogens is 1. The predicted octanol–water partition coefficient (Wildman–Crippen LogP) is 1.05. The van der Waals surface area contributed by atoms with Gasteiger partial charge in [-0.1, -0.05) is 0 Å². The molecule has 1 unspecified atom stereocenters. The quantitative estimate of drug-likeness (QED) is 0.583. The third-order valence-corrected chi connectivity index (χ3v) is 1.94. The minimum atomic E-state index is -1.07. The molecule has 1 rings (SSSR count). The van der Waals surface area contributed by atoms with Crippen molar-refractivity contribution in [2.24, 2.45) is 0 Å². The molecule has 0 radical (unpaired) electrons. The summed E-state index contributed by atoms with van der Waals surface area (Å²) in [6, 6.07) is 3.30. The van der Waals surface area contributed by atoms with Gasteiger partial charge in [-0.25, -0.2) is 0 Å². The van der Waals surface area contributed by atoms with Crippen LogP contribution in [0, 0.1) is 11.3 Å². The molecule has 0 aromatic carbocycles. The van der Waals surface area contributed by atoms with Crippen molar-refractivity contribution in [2.75, 3.05) is 12.1 Å². The van der Waals surface area contributed by atoms with Gasteiger partial charge in [-0.3, -0.25) is 20.5 Å². The molecular formula is C10H11N3O3. The smallest absolute Gasteiger partial charge is 0.327 e. The average Bonchev–Trinajstić information content (AvgIpc) is 2.31. The number of nitriles is 1. The summed E-state index contributed by atoms with van der Waals surface area (Å²) in [5, 5.41) is 17.7. The number of carbonyl (C=O) groups is 1. The summed E-state index contributed by atoms with van der Waals surface area (Å²) in [4.78, 5) is 15.2. The van der Waals surface area contributed by atoms with E-state index in [4.69, 9.17) is 15.2 Å². The number of carbonyl (C=O) groups excluding carboxylic acids is 1. The Bertz CT molecular complexity index is 414. The van der Waals surface area contributed by atoms with Crippen molar-refractivity contribution in [1.82, 2.24) is 4.98 Å². The molecule has 1 aromatic heterocycles. The Morgan fingerprint density at radius 3 is 3.12 bits per heavy atom. The molecule has 1 heterocycles. The number of hydrogen-bond donors (Lipinski definition) is 2. The van der Waals surface area contributed by atoms with E-state index < -0.39 is 11.9 Å². The van der Waals surface area contributed by atoms with E-state index in [9.17, 15) is 4.79 Å². The highest BCUT2D eigenvalue weighted by atomic mass is 16.5. The molecule has 2 N–H and O–H groups in total. The molecule has 0 amide bonds. The average molecular weight is 221 g/mol. The first-order valence-corrected chi connectivity index (χ1v) is 4.64. The highest BCUT2D eigenvalue weighted by molar-refractivity contribution is 5.83. The van der Waals surface area contributed by atoms with Crippen LogP contribution < -0.4 is 5.48 Å². The fourth-order valence-electron chi connectivity index (χ4n) is 1.23. The van der Waals surface area contributed by atoms with Crippen molar-refractivity contribution >= 4 is 11.7 Å². The van der Waals surface area contributed by atoms with Crippen molar-refractivity contribution in [3.63, 3.8) is 0 Å². The van der Waals surface area contributed by atoms with Gasteiger partial charge in [-0.05, 0) is 13.0 Å². The lowest BCUT2D eigenvalue weighted by Gasteiger charge is -2.11. The summed E-state index contributed by atoms with van der Waals surface area (Å²) in [5.74, 6) is -1.72. The molecule has 0 spiro atoms. The summed E-state index contributed by atoms with van der Waals surface area (Å²) >= 11 is 0. The van der Waals surface area contributed by atoms with Crippen LogP contribution in [0.2, 0.25) is 0 Å². The second-order valence-corrected chi connectivity index (χ2v) is 2.89. The molecule has 6 nitrogen and oxygen atoms in total. The van der Waals surface area contributed by atoms with Crippen LogP contribution in [0.3, 0.4) is 0 Å². The molecule has 1 atom stereocenters. The zero-order valence-corrected chi connectivity index (χ0v) is 8.67. The number of hydrogen-bond acceptors (Lipinski definition) is 6. The van der Waals surface area contributed by atoms with Crippen molar-refractivity contribution in [3.05, 3.63) is 24.0 Å². The van der Waals surface area contributed by atoms with E-state index in [2.05, 4.69) is 4.98 Å². The number of ether oxygens (including phenoxy) is 1. The standard InChI is InChI=1S/C10H11N3O3/c1-2-16-10(14)8(5-11)7-3-4-12-6-9(7)13-15/h3-4,6,8,13,15H,2H2,1H3. The van der Waals surface area contributed by atoms with Crippen LogP contribution in [-0.2, 0) is 9.53 Å². The van der Waals surface area contributed by atoms with Gasteiger partial charge in [0.05, 0.1) is 24.6 Å². The monoisotopic (exact) mass is 221 g/mol. The van der Waals surface area contributed by atoms with E-state index in [1.54, 1.807) is 6.92 Å². The van der Waals surface area contributed by atoms with Crippen LogP contribution >= 0.6 is 0 Å². The number of esters is 1. The van der Waals surface area contributed by atoms with Gasteiger partial charge in [0.1, 0.15) is 0 Å². The Hall–Kier alpha value is -2.13. The van der Waals surface area contributed by atoms with Crippen LogP contribution in [-0.4, -0.2) is 22.8 Å². The molecule has 1 aromatic rings. The fraction of sp³-hybridized carbons (Fsp3) is 0.300. The van der Waals surface area contributed by atoms with Gasteiger partial charge in [-0.2, -0.15) is 5.26 Å². The van der Waals surface area contributed by atoms with Crippen LogP contribution in [0.4, 0.5) is 5.69 Å². The molecule has 0 aliphatic rings. The van der Waals surface area contributed by atoms with Crippen molar-refractivity contribution in [2.45, 2.75) is 12.8 Å². The first-order chi connectivity index (χ1) is 7.74. The molecule has 0 saturated heterocycles. The number of pyridine rings is 1. The second-order valence-electron chi connectivity index (χ2n) is 2.89. The zero-order chi connectivity index (χ0) is 12.0. The minimum absolute atomic E-state index is 0.198. The highest BCUT2D eigenvalue weighted by Crippen LogP contribution is 2.23. The summed E-state index contributed by atoms with van der Waals surface area (Å²) in [7, 11) is 0. The molecule has 0 bridgehead atoms. The molecule has 0 fully saturated rings. The molecule has 84 valence electrons. The molecule has 6 heteroatoms. The molecule has 16 heavy (non-hydrogen) atoms. The number of nitrogens with zero attached hydrogens (tertiary/aromatic N) is 2. The lowest BCUT2D eigenvalue weighted by atomic mass is 10.0. The molecule has 0 aliphatic heterocycles. The lowest BCUT2D eigenvalue weighted by Crippen LogP contribution is -2.16. The largest absolute Gasteiger partial charge is 0.465 e. The molecular weight excluding hydrogens is 210 g/mol. The maximum atomic E-state index is 11.5. The topological polar surface area (TPSA) is 95.2 Å². The van der Waals surface area contributed by atoms with E-state index in [0.29, 0.717) is 5.56 Å². The van der Waals surface area contributed by atoms with E-state index in [0.717, 1.165) is 0 Å². The fourth-order valence-corrected chi connectivity index (χ4v) is 1.23. The second kappa shape index (κ2) is 5.68. The summed E-state index contributed by atoms with van der Waals surface area (Å²) in [6.07, 6.45) is 2.75. The van der Waals surface area contributed by atoms with E-state index in [-0.39, 0.29) is 12.3 Å². The maximum Gasteiger partial charge on any atom is 0.327 e. The molecule has 0 aliphatic carbocycles. The molecule has 0 saturated carbocycles.